The van der Waals surface area contributed by atoms with Crippen LogP contribution in [0.1, 0.15) is 11.1 Å². The quantitative estimate of drug-likeness (QED) is 0.545. The van der Waals surface area contributed by atoms with Crippen molar-refractivity contribution in [3.05, 3.63) is 35.4 Å². The van der Waals surface area contributed by atoms with E-state index in [1.807, 2.05) is 24.3 Å². The van der Waals surface area contributed by atoms with Crippen LogP contribution in [0.3, 0.4) is 0 Å². The molecule has 0 unspecified atom stereocenters. The largest absolute Gasteiger partial charge is 0.404 e. The van der Waals surface area contributed by atoms with Crippen molar-refractivity contribution in [1.82, 2.24) is 0 Å². The van der Waals surface area contributed by atoms with Crippen LogP contribution in [-0.4, -0.2) is 22.2 Å². The van der Waals surface area contributed by atoms with Crippen LogP contribution in [0, 0.1) is 0 Å². The summed E-state index contributed by atoms with van der Waals surface area (Å²) >= 11 is 16.3. The van der Waals surface area contributed by atoms with Crippen LogP contribution in [0.2, 0.25) is 0 Å². The summed E-state index contributed by atoms with van der Waals surface area (Å²) in [6.45, 7) is 0.555. The van der Waals surface area contributed by atoms with E-state index in [4.69, 9.17) is 39.5 Å². The van der Waals surface area contributed by atoms with Crippen molar-refractivity contribution in [2.75, 3.05) is 6.54 Å². The lowest BCUT2D eigenvalue weighted by molar-refractivity contribution is -0.134. The maximum Gasteiger partial charge on any atom is 0.365 e. The van der Waals surface area contributed by atoms with Gasteiger partial charge in [0.25, 0.3) is 3.79 Å². The predicted molar refractivity (Wildman–Crippen MR) is 67.9 cm³/mol. The fourth-order valence-electron chi connectivity index (χ4n) is 1.54. The van der Waals surface area contributed by atoms with E-state index in [0.29, 0.717) is 6.54 Å². The molecule has 0 atom stereocenters. The summed E-state index contributed by atoms with van der Waals surface area (Å²) in [6, 6.07) is 7.52. The Bertz CT molecular complexity index is 480. The van der Waals surface area contributed by atoms with Crippen molar-refractivity contribution < 1.29 is 9.53 Å². The smallest absolute Gasteiger partial charge is 0.365 e. The van der Waals surface area contributed by atoms with E-state index in [1.54, 1.807) is 0 Å². The highest BCUT2D eigenvalue weighted by molar-refractivity contribution is 6.75. The van der Waals surface area contributed by atoms with Gasteiger partial charge in [-0.15, -0.1) is 0 Å². The van der Waals surface area contributed by atoms with Gasteiger partial charge in [-0.1, -0.05) is 53.0 Å². The molecule has 1 heterocycles. The minimum Gasteiger partial charge on any atom is -0.404 e. The van der Waals surface area contributed by atoms with Crippen molar-refractivity contribution in [3.63, 3.8) is 0 Å². The Labute approximate surface area is 113 Å². The number of halogens is 3. The van der Waals surface area contributed by atoms with Gasteiger partial charge in [-0.3, -0.25) is 4.99 Å². The van der Waals surface area contributed by atoms with Crippen molar-refractivity contribution in [2.45, 2.75) is 10.2 Å². The Morgan fingerprint density at radius 3 is 2.71 bits per heavy atom. The highest BCUT2D eigenvalue weighted by Gasteiger charge is 2.34. The van der Waals surface area contributed by atoms with Gasteiger partial charge in [0, 0.05) is 12.1 Å². The summed E-state index contributed by atoms with van der Waals surface area (Å²) in [5, 5.41) is 0. The molecule has 0 amide bonds. The number of benzene rings is 1. The molecule has 0 fully saturated rings. The Hall–Kier alpha value is -0.770. The van der Waals surface area contributed by atoms with Crippen LogP contribution < -0.4 is 0 Å². The average Bonchev–Trinajstić information content (AvgIpc) is 2.28. The Kier molecular flexibility index (Phi) is 3.61. The zero-order chi connectivity index (χ0) is 12.5. The molecule has 2 rings (SSSR count). The number of esters is 1. The first-order valence-electron chi connectivity index (χ1n) is 4.90. The van der Waals surface area contributed by atoms with Crippen molar-refractivity contribution in [3.8, 4) is 0 Å². The van der Waals surface area contributed by atoms with Gasteiger partial charge in [0.2, 0.25) is 5.90 Å². The van der Waals surface area contributed by atoms with Crippen LogP contribution >= 0.6 is 34.8 Å². The number of carbonyl (C=O) groups is 1. The molecule has 0 N–H and O–H groups in total. The molecule has 0 bridgehead atoms. The van der Waals surface area contributed by atoms with Crippen molar-refractivity contribution in [1.29, 1.82) is 0 Å². The van der Waals surface area contributed by atoms with Gasteiger partial charge in [0.1, 0.15) is 0 Å². The Morgan fingerprint density at radius 1 is 1.29 bits per heavy atom. The first-order valence-corrected chi connectivity index (χ1v) is 6.03. The number of ether oxygens (including phenoxy) is 1. The van der Waals surface area contributed by atoms with Gasteiger partial charge in [-0.25, -0.2) is 4.79 Å². The second-order valence-corrected chi connectivity index (χ2v) is 5.76. The number of aliphatic imine (C=N–C) groups is 1. The maximum absolute atomic E-state index is 11.4. The third-order valence-corrected chi connectivity index (χ3v) is 2.77. The zero-order valence-corrected chi connectivity index (χ0v) is 10.9. The molecule has 0 radical (unpaired) electrons. The van der Waals surface area contributed by atoms with E-state index >= 15 is 0 Å². The molecule has 1 aromatic rings. The van der Waals surface area contributed by atoms with Gasteiger partial charge in [0.05, 0.1) is 0 Å². The molecule has 90 valence electrons. The number of alkyl halides is 3. The topological polar surface area (TPSA) is 38.7 Å². The molecule has 1 aliphatic heterocycles. The van der Waals surface area contributed by atoms with E-state index in [9.17, 15) is 4.79 Å². The van der Waals surface area contributed by atoms with Gasteiger partial charge in [0.15, 0.2) is 0 Å². The number of nitrogens with zero attached hydrogens (tertiary/aromatic N) is 1. The molecule has 0 aromatic heterocycles. The van der Waals surface area contributed by atoms with Crippen molar-refractivity contribution >= 4 is 46.7 Å². The molecule has 0 saturated heterocycles. The molecule has 0 spiro atoms. The summed E-state index contributed by atoms with van der Waals surface area (Å²) in [5.74, 6) is -0.735. The maximum atomic E-state index is 11.4. The molecule has 1 aliphatic rings. The summed E-state index contributed by atoms with van der Waals surface area (Å²) < 4.78 is 2.91. The molecule has 0 aliphatic carbocycles. The molecule has 17 heavy (non-hydrogen) atoms. The SMILES string of the molecule is O=C(OC1=NCCc2ccccc21)C(Cl)(Cl)Cl. The van der Waals surface area contributed by atoms with Crippen LogP contribution in [0.25, 0.3) is 0 Å². The predicted octanol–water partition coefficient (Wildman–Crippen LogP) is 2.90. The normalized spacial score (nSPS) is 14.9. The lowest BCUT2D eigenvalue weighted by Gasteiger charge is -2.17. The highest BCUT2D eigenvalue weighted by Crippen LogP contribution is 2.28. The number of hydrogen-bond acceptors (Lipinski definition) is 3. The number of fused-ring (bicyclic) bond motifs is 1. The number of hydrogen-bond donors (Lipinski definition) is 0. The fraction of sp³-hybridized carbons (Fsp3) is 0.273. The van der Waals surface area contributed by atoms with Crippen LogP contribution in [0.4, 0.5) is 0 Å². The minimum atomic E-state index is -2.09. The average molecular weight is 293 g/mol. The van der Waals surface area contributed by atoms with E-state index in [2.05, 4.69) is 4.99 Å². The van der Waals surface area contributed by atoms with E-state index in [0.717, 1.165) is 17.5 Å². The summed E-state index contributed by atoms with van der Waals surface area (Å²) in [6.07, 6.45) is 0.811. The highest BCUT2D eigenvalue weighted by atomic mass is 35.6. The van der Waals surface area contributed by atoms with Gasteiger partial charge < -0.3 is 4.74 Å². The molecule has 3 nitrogen and oxygen atoms in total. The lowest BCUT2D eigenvalue weighted by atomic mass is 10.0. The number of carbonyl (C=O) groups excluding carboxylic acids is 1. The van der Waals surface area contributed by atoms with E-state index in [-0.39, 0.29) is 5.90 Å². The first kappa shape index (κ1) is 12.7. The molecule has 0 saturated carbocycles. The molecule has 6 heteroatoms. The second-order valence-electron chi connectivity index (χ2n) is 3.48. The Balaban J connectivity index is 2.24. The molecule has 1 aromatic carbocycles. The lowest BCUT2D eigenvalue weighted by Crippen LogP contribution is -2.27. The summed E-state index contributed by atoms with van der Waals surface area (Å²) in [5.41, 5.74) is 1.83. The first-order chi connectivity index (χ1) is 7.98. The van der Waals surface area contributed by atoms with Gasteiger partial charge in [-0.2, -0.15) is 0 Å². The number of rotatable bonds is 0. The van der Waals surface area contributed by atoms with Gasteiger partial charge >= 0.3 is 5.97 Å². The van der Waals surface area contributed by atoms with Crippen LogP contribution in [0.15, 0.2) is 29.3 Å². The molecular weight excluding hydrogens is 284 g/mol. The standard InChI is InChI=1S/C11H8Cl3NO2/c12-11(13,14)10(16)17-9-8-4-2-1-3-7(8)5-6-15-9/h1-4H,5-6H2. The second kappa shape index (κ2) is 4.84. The summed E-state index contributed by atoms with van der Waals surface area (Å²) in [4.78, 5) is 15.6. The van der Waals surface area contributed by atoms with E-state index in [1.165, 1.54) is 0 Å². The Morgan fingerprint density at radius 2 is 2.00 bits per heavy atom. The van der Waals surface area contributed by atoms with Gasteiger partial charge in [-0.05, 0) is 18.1 Å². The molecular formula is C11H8Cl3NO2. The minimum absolute atomic E-state index is 0.211. The fourth-order valence-corrected chi connectivity index (χ4v) is 1.66. The van der Waals surface area contributed by atoms with Crippen molar-refractivity contribution in [2.24, 2.45) is 4.99 Å². The monoisotopic (exact) mass is 291 g/mol. The van der Waals surface area contributed by atoms with E-state index < -0.39 is 9.76 Å². The van der Waals surface area contributed by atoms with Crippen LogP contribution in [-0.2, 0) is 16.0 Å². The third-order valence-electron chi connectivity index (χ3n) is 2.31. The summed E-state index contributed by atoms with van der Waals surface area (Å²) in [7, 11) is 0. The van der Waals surface area contributed by atoms with Crippen LogP contribution in [0.5, 0.6) is 0 Å². The third kappa shape index (κ3) is 2.92. The zero-order valence-electron chi connectivity index (χ0n) is 8.62.